The van der Waals surface area contributed by atoms with E-state index in [4.69, 9.17) is 23.2 Å². The van der Waals surface area contributed by atoms with Crippen LogP contribution in [0.5, 0.6) is 0 Å². The maximum atomic E-state index is 13.2. The lowest BCUT2D eigenvalue weighted by Gasteiger charge is -2.30. The molecule has 0 aromatic heterocycles. The Kier molecular flexibility index (Phi) is 9.00. The zero-order valence-electron chi connectivity index (χ0n) is 16.7. The highest BCUT2D eigenvalue weighted by atomic mass is 79.9. The summed E-state index contributed by atoms with van der Waals surface area (Å²) in [6.07, 6.45) is 0.834. The molecule has 2 aromatic carbocycles. The van der Waals surface area contributed by atoms with Crippen LogP contribution in [0.15, 0.2) is 46.9 Å². The Morgan fingerprint density at radius 1 is 1.10 bits per heavy atom. The van der Waals surface area contributed by atoms with Crippen LogP contribution in [0, 0.1) is 0 Å². The molecule has 0 unspecified atom stereocenters. The molecule has 0 radical (unpaired) electrons. The van der Waals surface area contributed by atoms with Crippen LogP contribution in [0.2, 0.25) is 10.0 Å². The molecule has 156 valence electrons. The van der Waals surface area contributed by atoms with Gasteiger partial charge in [-0.15, -0.1) is 0 Å². The van der Waals surface area contributed by atoms with Crippen LogP contribution in [0.4, 0.5) is 0 Å². The lowest BCUT2D eigenvalue weighted by molar-refractivity contribution is -0.140. The summed E-state index contributed by atoms with van der Waals surface area (Å²) in [6, 6.07) is 12.2. The van der Waals surface area contributed by atoms with E-state index in [1.807, 2.05) is 38.1 Å². The second kappa shape index (κ2) is 11.0. The van der Waals surface area contributed by atoms with Crippen molar-refractivity contribution in [2.45, 2.75) is 52.2 Å². The molecule has 0 saturated carbocycles. The first kappa shape index (κ1) is 23.7. The minimum absolute atomic E-state index is 0.0213. The van der Waals surface area contributed by atoms with Crippen LogP contribution in [0.25, 0.3) is 0 Å². The molecule has 0 spiro atoms. The second-order valence-corrected chi connectivity index (χ2v) is 8.75. The number of nitrogens with one attached hydrogen (secondary N) is 1. The SMILES string of the molecule is CC[C@H](C)NC(=O)[C@H](C)N(Cc1cccc(Br)c1)C(=O)Cc1c(Cl)cccc1Cl. The summed E-state index contributed by atoms with van der Waals surface area (Å²) in [5.74, 6) is -0.403. The van der Waals surface area contributed by atoms with Crippen molar-refractivity contribution >= 4 is 50.9 Å². The van der Waals surface area contributed by atoms with Crippen molar-refractivity contribution in [2.75, 3.05) is 0 Å². The molecule has 2 amide bonds. The van der Waals surface area contributed by atoms with Gasteiger partial charge in [0.15, 0.2) is 0 Å². The number of carbonyl (C=O) groups excluding carboxylic acids is 2. The average molecular weight is 500 g/mol. The van der Waals surface area contributed by atoms with Crippen molar-refractivity contribution < 1.29 is 9.59 Å². The van der Waals surface area contributed by atoms with Gasteiger partial charge in [0.1, 0.15) is 6.04 Å². The molecule has 2 atom stereocenters. The van der Waals surface area contributed by atoms with E-state index in [0.717, 1.165) is 16.5 Å². The zero-order chi connectivity index (χ0) is 21.6. The highest BCUT2D eigenvalue weighted by Gasteiger charge is 2.27. The van der Waals surface area contributed by atoms with Gasteiger partial charge >= 0.3 is 0 Å². The molecule has 0 bridgehead atoms. The summed E-state index contributed by atoms with van der Waals surface area (Å²) >= 11 is 15.9. The molecule has 0 heterocycles. The number of rotatable bonds is 8. The molecule has 2 aromatic rings. The van der Waals surface area contributed by atoms with Gasteiger partial charge in [-0.2, -0.15) is 0 Å². The van der Waals surface area contributed by atoms with E-state index >= 15 is 0 Å². The van der Waals surface area contributed by atoms with E-state index in [2.05, 4.69) is 21.2 Å². The number of benzene rings is 2. The Hall–Kier alpha value is -1.56. The molecule has 0 aliphatic rings. The molecular weight excluding hydrogens is 475 g/mol. The van der Waals surface area contributed by atoms with Gasteiger partial charge in [-0.05, 0) is 55.7 Å². The van der Waals surface area contributed by atoms with Crippen LogP contribution in [0.1, 0.15) is 38.3 Å². The van der Waals surface area contributed by atoms with Gasteiger partial charge in [0.25, 0.3) is 0 Å². The van der Waals surface area contributed by atoms with Gasteiger partial charge in [-0.1, -0.05) is 64.3 Å². The molecule has 2 rings (SSSR count). The third kappa shape index (κ3) is 6.73. The molecule has 29 heavy (non-hydrogen) atoms. The van der Waals surface area contributed by atoms with Crippen LogP contribution in [-0.4, -0.2) is 28.8 Å². The Balaban J connectivity index is 2.29. The smallest absolute Gasteiger partial charge is 0.242 e. The highest BCUT2D eigenvalue weighted by Crippen LogP contribution is 2.26. The average Bonchev–Trinajstić information content (AvgIpc) is 2.68. The number of nitrogens with zero attached hydrogens (tertiary/aromatic N) is 1. The molecule has 7 heteroatoms. The summed E-state index contributed by atoms with van der Waals surface area (Å²) in [7, 11) is 0. The summed E-state index contributed by atoms with van der Waals surface area (Å²) in [6.45, 7) is 5.98. The number of halogens is 3. The van der Waals surface area contributed by atoms with Gasteiger partial charge < -0.3 is 10.2 Å². The second-order valence-electron chi connectivity index (χ2n) is 7.02. The van der Waals surface area contributed by atoms with E-state index in [9.17, 15) is 9.59 Å². The predicted molar refractivity (Wildman–Crippen MR) is 122 cm³/mol. The van der Waals surface area contributed by atoms with E-state index < -0.39 is 6.04 Å². The normalized spacial score (nSPS) is 12.9. The van der Waals surface area contributed by atoms with Crippen LogP contribution in [0.3, 0.4) is 0 Å². The Bertz CT molecular complexity index is 855. The lowest BCUT2D eigenvalue weighted by Crippen LogP contribution is -2.49. The van der Waals surface area contributed by atoms with Gasteiger partial charge in [0.05, 0.1) is 6.42 Å². The van der Waals surface area contributed by atoms with Crippen molar-refractivity contribution in [3.63, 3.8) is 0 Å². The first-order valence-electron chi connectivity index (χ1n) is 9.50. The minimum atomic E-state index is -0.642. The minimum Gasteiger partial charge on any atom is -0.352 e. The van der Waals surface area contributed by atoms with E-state index in [-0.39, 0.29) is 24.3 Å². The first-order chi connectivity index (χ1) is 13.7. The van der Waals surface area contributed by atoms with Crippen molar-refractivity contribution in [1.29, 1.82) is 0 Å². The standard InChI is InChI=1S/C22H25BrCl2N2O2/c1-4-14(2)26-22(29)15(3)27(13-16-7-5-8-17(23)11-16)21(28)12-18-19(24)9-6-10-20(18)25/h5-11,14-15H,4,12-13H2,1-3H3,(H,26,29)/t14-,15-/m0/s1. The Morgan fingerprint density at radius 3 is 2.31 bits per heavy atom. The lowest BCUT2D eigenvalue weighted by atomic mass is 10.1. The molecule has 1 N–H and O–H groups in total. The first-order valence-corrected chi connectivity index (χ1v) is 11.0. The zero-order valence-corrected chi connectivity index (χ0v) is 19.8. The topological polar surface area (TPSA) is 49.4 Å². The van der Waals surface area contributed by atoms with Crippen LogP contribution >= 0.6 is 39.1 Å². The number of hydrogen-bond donors (Lipinski definition) is 1. The fraction of sp³-hybridized carbons (Fsp3) is 0.364. The van der Waals surface area contributed by atoms with Crippen LogP contribution in [-0.2, 0) is 22.6 Å². The molecular formula is C22H25BrCl2N2O2. The molecule has 0 saturated heterocycles. The summed E-state index contributed by atoms with van der Waals surface area (Å²) in [5.41, 5.74) is 1.48. The third-order valence-electron chi connectivity index (χ3n) is 4.80. The van der Waals surface area contributed by atoms with Crippen molar-refractivity contribution in [1.82, 2.24) is 10.2 Å². The quantitative estimate of drug-likeness (QED) is 0.511. The monoisotopic (exact) mass is 498 g/mol. The van der Waals surface area contributed by atoms with Crippen molar-refractivity contribution in [2.24, 2.45) is 0 Å². The van der Waals surface area contributed by atoms with Crippen molar-refractivity contribution in [3.8, 4) is 0 Å². The fourth-order valence-electron chi connectivity index (χ4n) is 2.83. The van der Waals surface area contributed by atoms with Crippen LogP contribution < -0.4 is 5.32 Å². The van der Waals surface area contributed by atoms with Crippen molar-refractivity contribution in [3.05, 3.63) is 68.1 Å². The predicted octanol–water partition coefficient (Wildman–Crippen LogP) is 5.63. The maximum absolute atomic E-state index is 13.2. The molecule has 0 fully saturated rings. The molecule has 0 aliphatic carbocycles. The molecule has 0 aliphatic heterocycles. The van der Waals surface area contributed by atoms with Gasteiger partial charge in [0, 0.05) is 27.1 Å². The van der Waals surface area contributed by atoms with Gasteiger partial charge in [-0.3, -0.25) is 9.59 Å². The maximum Gasteiger partial charge on any atom is 0.242 e. The summed E-state index contributed by atoms with van der Waals surface area (Å²) in [5, 5.41) is 3.82. The fourth-order valence-corrected chi connectivity index (χ4v) is 3.81. The summed E-state index contributed by atoms with van der Waals surface area (Å²) < 4.78 is 0.910. The Labute approximate surface area is 190 Å². The number of hydrogen-bond acceptors (Lipinski definition) is 2. The largest absolute Gasteiger partial charge is 0.352 e. The highest BCUT2D eigenvalue weighted by molar-refractivity contribution is 9.10. The van der Waals surface area contributed by atoms with Gasteiger partial charge in [-0.25, -0.2) is 0 Å². The third-order valence-corrected chi connectivity index (χ3v) is 6.00. The van der Waals surface area contributed by atoms with E-state index in [1.165, 1.54) is 0 Å². The van der Waals surface area contributed by atoms with E-state index in [0.29, 0.717) is 22.2 Å². The number of amides is 2. The van der Waals surface area contributed by atoms with Gasteiger partial charge in [0.2, 0.25) is 11.8 Å². The molecule has 4 nitrogen and oxygen atoms in total. The van der Waals surface area contributed by atoms with E-state index in [1.54, 1.807) is 30.0 Å². The number of carbonyl (C=O) groups is 2. The summed E-state index contributed by atoms with van der Waals surface area (Å²) in [4.78, 5) is 27.5. The Morgan fingerprint density at radius 2 is 1.72 bits per heavy atom.